The molecule has 0 fully saturated rings. The van der Waals surface area contributed by atoms with Gasteiger partial charge in [0.15, 0.2) is 5.78 Å². The molecule has 8 N–H and O–H groups in total. The molecule has 4 aromatic carbocycles. The molecule has 0 saturated heterocycles. The Balaban J connectivity index is 1.21. The lowest BCUT2D eigenvalue weighted by Gasteiger charge is -2.19. The van der Waals surface area contributed by atoms with Crippen molar-refractivity contribution < 1.29 is 40.8 Å². The summed E-state index contributed by atoms with van der Waals surface area (Å²) in [6.07, 6.45) is 4.04. The average molecular weight is 819 g/mol. The van der Waals surface area contributed by atoms with E-state index in [0.717, 1.165) is 12.8 Å². The topological polar surface area (TPSA) is 254 Å². The van der Waals surface area contributed by atoms with Gasteiger partial charge in [-0.1, -0.05) is 55.3 Å². The number of nitrogens with two attached hydrogens (primary N) is 2. The van der Waals surface area contributed by atoms with Crippen molar-refractivity contribution in [2.75, 3.05) is 19.6 Å². The third kappa shape index (κ3) is 14.0. The summed E-state index contributed by atoms with van der Waals surface area (Å²) in [5.74, 6) is -1.80. The molecule has 4 aromatic rings. The van der Waals surface area contributed by atoms with Gasteiger partial charge in [-0.25, -0.2) is 27.1 Å². The van der Waals surface area contributed by atoms with E-state index in [0.29, 0.717) is 67.6 Å². The van der Waals surface area contributed by atoms with E-state index in [9.17, 15) is 40.8 Å². The van der Waals surface area contributed by atoms with Crippen LogP contribution >= 0.6 is 0 Å². The van der Waals surface area contributed by atoms with Gasteiger partial charge in [0.05, 0.1) is 9.79 Å². The molecule has 0 spiro atoms. The van der Waals surface area contributed by atoms with Crippen molar-refractivity contribution in [1.29, 1.82) is 0 Å². The number of hydrogen-bond acceptors (Lipinski definition) is 9. The second-order valence-corrected chi connectivity index (χ2v) is 16.3. The molecule has 15 nitrogen and oxygen atoms in total. The molecule has 0 aromatic heterocycles. The number of carbonyl (C=O) groups is 5. The number of unbranched alkanes of at least 4 members (excludes halogenated alkanes) is 4. The molecule has 0 unspecified atom stereocenters. The maximum absolute atomic E-state index is 13.2. The fraction of sp³-hybridized carbons (Fsp3) is 0.275. The molecular formula is C40H46N6O9S2. The van der Waals surface area contributed by atoms with E-state index in [1.54, 1.807) is 48.5 Å². The minimum absolute atomic E-state index is 0.0861. The second kappa shape index (κ2) is 21.0. The van der Waals surface area contributed by atoms with Crippen LogP contribution in [0.5, 0.6) is 0 Å². The van der Waals surface area contributed by atoms with E-state index < -0.39 is 37.9 Å². The molecule has 0 bridgehead atoms. The van der Waals surface area contributed by atoms with Gasteiger partial charge in [0.2, 0.25) is 26.0 Å². The van der Waals surface area contributed by atoms with Crippen molar-refractivity contribution in [3.63, 3.8) is 0 Å². The first-order valence-electron chi connectivity index (χ1n) is 18.2. The standard InChI is InChI=1S/C40H46N6O9S2/c41-56(52,53)33-21-17-31(18-22-33)38(49)43-25-7-1-2-8-26-45-40(51)35(46-39(50)32-19-23-34(24-20-32)57(42,54)55)12-6-9-27-44-37(48)30-15-13-29(14-16-30)36(47)28-10-4-3-5-11-28/h3-5,10-11,13-24,35H,1-2,6-9,12,25-27H2,(H,43,49)(H,44,48)(H,45,51)(H,46,50)(H2,41,52,53)(H2,42,54,55)/t35-/m0/s1. The lowest BCUT2D eigenvalue weighted by Crippen LogP contribution is -2.47. The van der Waals surface area contributed by atoms with E-state index in [-0.39, 0.29) is 39.4 Å². The first kappa shape index (κ1) is 44.0. The molecule has 0 aliphatic rings. The number of ketones is 1. The Morgan fingerprint density at radius 1 is 0.456 bits per heavy atom. The summed E-state index contributed by atoms with van der Waals surface area (Å²) in [4.78, 5) is 63.8. The van der Waals surface area contributed by atoms with Crippen LogP contribution in [0.25, 0.3) is 0 Å². The molecule has 0 saturated carbocycles. The first-order valence-corrected chi connectivity index (χ1v) is 21.3. The van der Waals surface area contributed by atoms with Crippen LogP contribution in [-0.4, -0.2) is 71.9 Å². The Hall–Kier alpha value is -5.75. The monoisotopic (exact) mass is 818 g/mol. The summed E-state index contributed by atoms with van der Waals surface area (Å²) in [6, 6.07) is 24.6. The van der Waals surface area contributed by atoms with Crippen LogP contribution in [0.2, 0.25) is 0 Å². The molecule has 1 atom stereocenters. The lowest BCUT2D eigenvalue weighted by atomic mass is 10.0. The summed E-state index contributed by atoms with van der Waals surface area (Å²) in [5, 5.41) is 21.4. The number of hydrogen-bond donors (Lipinski definition) is 6. The number of benzene rings is 4. The van der Waals surface area contributed by atoms with Crippen molar-refractivity contribution >= 4 is 49.5 Å². The van der Waals surface area contributed by atoms with Crippen LogP contribution in [0.4, 0.5) is 0 Å². The molecule has 0 radical (unpaired) electrons. The summed E-state index contributed by atoms with van der Waals surface area (Å²) in [6.45, 7) is 1.03. The van der Waals surface area contributed by atoms with Crippen LogP contribution in [-0.2, 0) is 24.8 Å². The summed E-state index contributed by atoms with van der Waals surface area (Å²) >= 11 is 0. The lowest BCUT2D eigenvalue weighted by molar-refractivity contribution is -0.123. The van der Waals surface area contributed by atoms with Gasteiger partial charge in [0.1, 0.15) is 6.04 Å². The highest BCUT2D eigenvalue weighted by Crippen LogP contribution is 2.13. The second-order valence-electron chi connectivity index (χ2n) is 13.2. The minimum atomic E-state index is -3.96. The van der Waals surface area contributed by atoms with E-state index in [2.05, 4.69) is 21.3 Å². The van der Waals surface area contributed by atoms with Gasteiger partial charge in [-0.05, 0) is 92.8 Å². The number of amides is 4. The third-order valence-corrected chi connectivity index (χ3v) is 10.7. The average Bonchev–Trinajstić information content (AvgIpc) is 3.20. The van der Waals surface area contributed by atoms with Crippen LogP contribution < -0.4 is 31.5 Å². The van der Waals surface area contributed by atoms with Gasteiger partial charge in [0.25, 0.3) is 17.7 Å². The zero-order valence-corrected chi connectivity index (χ0v) is 32.7. The fourth-order valence-corrected chi connectivity index (χ4v) is 6.68. The van der Waals surface area contributed by atoms with E-state index in [4.69, 9.17) is 10.3 Å². The molecule has 57 heavy (non-hydrogen) atoms. The van der Waals surface area contributed by atoms with Gasteiger partial charge in [-0.3, -0.25) is 24.0 Å². The van der Waals surface area contributed by atoms with Crippen molar-refractivity contribution in [1.82, 2.24) is 21.3 Å². The molecule has 0 heterocycles. The molecule has 302 valence electrons. The van der Waals surface area contributed by atoms with Crippen molar-refractivity contribution in [2.24, 2.45) is 10.3 Å². The molecule has 0 aliphatic carbocycles. The molecule has 0 aliphatic heterocycles. The molecule has 4 rings (SSSR count). The maximum Gasteiger partial charge on any atom is 0.251 e. The number of rotatable bonds is 21. The number of carbonyl (C=O) groups excluding carboxylic acids is 5. The highest BCUT2D eigenvalue weighted by atomic mass is 32.2. The van der Waals surface area contributed by atoms with Crippen LogP contribution in [0.3, 0.4) is 0 Å². The maximum atomic E-state index is 13.2. The largest absolute Gasteiger partial charge is 0.354 e. The molecule has 17 heteroatoms. The molecular weight excluding hydrogens is 773 g/mol. The molecule has 4 amide bonds. The van der Waals surface area contributed by atoms with Gasteiger partial charge in [0, 0.05) is 47.5 Å². The Morgan fingerprint density at radius 2 is 0.842 bits per heavy atom. The Bertz CT molecular complexity index is 2230. The smallest absolute Gasteiger partial charge is 0.251 e. The Kier molecular flexibility index (Phi) is 16.2. The predicted molar refractivity (Wildman–Crippen MR) is 213 cm³/mol. The van der Waals surface area contributed by atoms with Crippen LogP contribution in [0, 0.1) is 0 Å². The van der Waals surface area contributed by atoms with Crippen molar-refractivity contribution in [3.05, 3.63) is 131 Å². The highest BCUT2D eigenvalue weighted by Gasteiger charge is 2.22. The van der Waals surface area contributed by atoms with Gasteiger partial charge < -0.3 is 21.3 Å². The quantitative estimate of drug-likeness (QED) is 0.0533. The SMILES string of the molecule is NS(=O)(=O)c1ccc(C(=O)NCCCCCCNC(=O)[C@H](CCCCNC(=O)c2ccc(C(=O)c3ccccc3)cc2)NC(=O)c2ccc(S(N)(=O)=O)cc2)cc1. The number of sulfonamides is 2. The minimum Gasteiger partial charge on any atom is -0.354 e. The Morgan fingerprint density at radius 3 is 1.32 bits per heavy atom. The summed E-state index contributed by atoms with van der Waals surface area (Å²) < 4.78 is 46.1. The van der Waals surface area contributed by atoms with Crippen LogP contribution in [0.1, 0.15) is 91.9 Å². The van der Waals surface area contributed by atoms with Crippen molar-refractivity contribution in [2.45, 2.75) is 60.8 Å². The van der Waals surface area contributed by atoms with Gasteiger partial charge >= 0.3 is 0 Å². The van der Waals surface area contributed by atoms with Crippen LogP contribution in [0.15, 0.2) is 113 Å². The third-order valence-electron chi connectivity index (χ3n) is 8.85. The van der Waals surface area contributed by atoms with Gasteiger partial charge in [-0.15, -0.1) is 0 Å². The van der Waals surface area contributed by atoms with E-state index >= 15 is 0 Å². The van der Waals surface area contributed by atoms with Crippen molar-refractivity contribution in [3.8, 4) is 0 Å². The zero-order chi connectivity index (χ0) is 41.4. The summed E-state index contributed by atoms with van der Waals surface area (Å²) in [7, 11) is -7.81. The van der Waals surface area contributed by atoms with Gasteiger partial charge in [-0.2, -0.15) is 0 Å². The van der Waals surface area contributed by atoms with E-state index in [1.165, 1.54) is 48.5 Å². The fourth-order valence-electron chi connectivity index (χ4n) is 5.65. The predicted octanol–water partition coefficient (Wildman–Crippen LogP) is 3.02. The summed E-state index contributed by atoms with van der Waals surface area (Å²) in [5.41, 5.74) is 1.83. The number of nitrogens with one attached hydrogen (secondary N) is 4. The Labute approximate surface area is 332 Å². The zero-order valence-electron chi connectivity index (χ0n) is 31.1. The highest BCUT2D eigenvalue weighted by molar-refractivity contribution is 7.89. The first-order chi connectivity index (χ1) is 27.1. The van der Waals surface area contributed by atoms with E-state index in [1.807, 2.05) is 6.07 Å². The number of primary sulfonamides is 2. The normalized spacial score (nSPS) is 11.9.